The average molecular weight is 386 g/mol. The molecule has 0 saturated heterocycles. The van der Waals surface area contributed by atoms with Gasteiger partial charge in [0.15, 0.2) is 5.96 Å². The number of hydrogen-bond donors (Lipinski definition) is 2. The highest BCUT2D eigenvalue weighted by Crippen LogP contribution is 2.06. The lowest BCUT2D eigenvalue weighted by Crippen LogP contribution is -2.38. The van der Waals surface area contributed by atoms with E-state index in [2.05, 4.69) is 15.6 Å². The zero-order valence-electron chi connectivity index (χ0n) is 12.7. The second-order valence-corrected chi connectivity index (χ2v) is 5.15. The minimum Gasteiger partial charge on any atom is -0.444 e. The standard InChI is InChI=1S/C12H26N4O2.HI/c1-12(2,3)18-11(17)15-9-7-8-14-10(13-4)16(5)6;/h7-9H2,1-6H3,(H,13,14)(H,15,17);1H. The van der Waals surface area contributed by atoms with Crippen LogP contribution in [-0.2, 0) is 4.74 Å². The molecule has 7 heteroatoms. The first kappa shape index (κ1) is 20.6. The molecule has 6 nitrogen and oxygen atoms in total. The monoisotopic (exact) mass is 386 g/mol. The van der Waals surface area contributed by atoms with E-state index in [9.17, 15) is 4.79 Å². The molecule has 1 amide bonds. The van der Waals surface area contributed by atoms with E-state index < -0.39 is 5.60 Å². The summed E-state index contributed by atoms with van der Waals surface area (Å²) in [7, 11) is 5.59. The first-order valence-corrected chi connectivity index (χ1v) is 6.11. The molecule has 0 bridgehead atoms. The van der Waals surface area contributed by atoms with Crippen molar-refractivity contribution >= 4 is 36.0 Å². The fourth-order valence-electron chi connectivity index (χ4n) is 1.23. The van der Waals surface area contributed by atoms with Crippen LogP contribution in [0.2, 0.25) is 0 Å². The van der Waals surface area contributed by atoms with Gasteiger partial charge in [-0.25, -0.2) is 4.79 Å². The third-order valence-electron chi connectivity index (χ3n) is 1.94. The van der Waals surface area contributed by atoms with Crippen molar-refractivity contribution in [1.29, 1.82) is 0 Å². The van der Waals surface area contributed by atoms with Gasteiger partial charge >= 0.3 is 6.09 Å². The molecule has 0 aliphatic carbocycles. The van der Waals surface area contributed by atoms with E-state index in [-0.39, 0.29) is 30.1 Å². The topological polar surface area (TPSA) is 66.0 Å². The lowest BCUT2D eigenvalue weighted by molar-refractivity contribution is 0.0527. The van der Waals surface area contributed by atoms with Gasteiger partial charge in [-0.05, 0) is 27.2 Å². The molecule has 0 heterocycles. The fraction of sp³-hybridized carbons (Fsp3) is 0.833. The second-order valence-electron chi connectivity index (χ2n) is 5.15. The average Bonchev–Trinajstić information content (AvgIpc) is 2.20. The van der Waals surface area contributed by atoms with Gasteiger partial charge in [0.25, 0.3) is 0 Å². The van der Waals surface area contributed by atoms with Crippen molar-refractivity contribution in [2.45, 2.75) is 32.8 Å². The molecule has 0 atom stereocenters. The minimum atomic E-state index is -0.449. The molecule has 19 heavy (non-hydrogen) atoms. The van der Waals surface area contributed by atoms with Gasteiger partial charge in [-0.3, -0.25) is 4.99 Å². The summed E-state index contributed by atoms with van der Waals surface area (Å²) in [4.78, 5) is 17.3. The number of nitrogens with one attached hydrogen (secondary N) is 2. The first-order chi connectivity index (χ1) is 8.26. The van der Waals surface area contributed by atoms with Crippen LogP contribution in [0.3, 0.4) is 0 Å². The Balaban J connectivity index is 0. The van der Waals surface area contributed by atoms with Crippen LogP contribution in [0.5, 0.6) is 0 Å². The molecule has 114 valence electrons. The molecule has 0 unspecified atom stereocenters. The van der Waals surface area contributed by atoms with E-state index in [4.69, 9.17) is 4.74 Å². The van der Waals surface area contributed by atoms with Crippen LogP contribution in [0.1, 0.15) is 27.2 Å². The van der Waals surface area contributed by atoms with Crippen LogP contribution in [0.4, 0.5) is 4.79 Å². The molecule has 0 aromatic carbocycles. The Kier molecular flexibility index (Phi) is 10.9. The maximum Gasteiger partial charge on any atom is 0.407 e. The maximum atomic E-state index is 11.3. The molecule has 0 aromatic heterocycles. The predicted octanol–water partition coefficient (Wildman–Crippen LogP) is 1.66. The molecular weight excluding hydrogens is 359 g/mol. The third kappa shape index (κ3) is 12.1. The number of rotatable bonds is 4. The van der Waals surface area contributed by atoms with Crippen molar-refractivity contribution in [2.75, 3.05) is 34.2 Å². The highest BCUT2D eigenvalue weighted by Gasteiger charge is 2.15. The minimum absolute atomic E-state index is 0. The molecule has 0 aromatic rings. The molecule has 0 saturated carbocycles. The highest BCUT2D eigenvalue weighted by atomic mass is 127. The highest BCUT2D eigenvalue weighted by molar-refractivity contribution is 14.0. The van der Waals surface area contributed by atoms with Gasteiger partial charge < -0.3 is 20.3 Å². The van der Waals surface area contributed by atoms with E-state index in [0.29, 0.717) is 6.54 Å². The lowest BCUT2D eigenvalue weighted by Gasteiger charge is -2.20. The van der Waals surface area contributed by atoms with Gasteiger partial charge in [0.1, 0.15) is 5.60 Å². The summed E-state index contributed by atoms with van der Waals surface area (Å²) in [5.41, 5.74) is -0.449. The van der Waals surface area contributed by atoms with Crippen LogP contribution in [0, 0.1) is 0 Å². The molecule has 0 radical (unpaired) electrons. The number of halogens is 1. The lowest BCUT2D eigenvalue weighted by atomic mass is 10.2. The second kappa shape index (κ2) is 10.1. The largest absolute Gasteiger partial charge is 0.444 e. The molecule has 2 N–H and O–H groups in total. The summed E-state index contributed by atoms with van der Waals surface area (Å²) < 4.78 is 5.12. The first-order valence-electron chi connectivity index (χ1n) is 6.11. The van der Waals surface area contributed by atoms with Crippen molar-refractivity contribution in [2.24, 2.45) is 4.99 Å². The molecule has 0 rings (SSSR count). The summed E-state index contributed by atoms with van der Waals surface area (Å²) in [5, 5.41) is 5.88. The Morgan fingerprint density at radius 1 is 1.21 bits per heavy atom. The number of carbonyl (C=O) groups excluding carboxylic acids is 1. The fourth-order valence-corrected chi connectivity index (χ4v) is 1.23. The van der Waals surface area contributed by atoms with Gasteiger partial charge in [-0.15, -0.1) is 24.0 Å². The number of aliphatic imine (C=N–C) groups is 1. The van der Waals surface area contributed by atoms with E-state index >= 15 is 0 Å². The van der Waals surface area contributed by atoms with Gasteiger partial charge in [0.2, 0.25) is 0 Å². The molecule has 0 fully saturated rings. The van der Waals surface area contributed by atoms with Crippen molar-refractivity contribution in [3.8, 4) is 0 Å². The van der Waals surface area contributed by atoms with Gasteiger partial charge in [0.05, 0.1) is 0 Å². The van der Waals surface area contributed by atoms with Gasteiger partial charge in [-0.2, -0.15) is 0 Å². The van der Waals surface area contributed by atoms with Crippen LogP contribution < -0.4 is 10.6 Å². The zero-order chi connectivity index (χ0) is 14.2. The molecule has 0 aliphatic rings. The Morgan fingerprint density at radius 3 is 2.16 bits per heavy atom. The van der Waals surface area contributed by atoms with E-state index in [0.717, 1.165) is 18.9 Å². The van der Waals surface area contributed by atoms with Crippen LogP contribution >= 0.6 is 24.0 Å². The van der Waals surface area contributed by atoms with Crippen LogP contribution in [-0.4, -0.2) is 56.8 Å². The summed E-state index contributed by atoms with van der Waals surface area (Å²) in [6, 6.07) is 0. The predicted molar refractivity (Wildman–Crippen MR) is 89.3 cm³/mol. The number of carbonyl (C=O) groups is 1. The number of amides is 1. The SMILES string of the molecule is CN=C(NCCCNC(=O)OC(C)(C)C)N(C)C.I. The van der Waals surface area contributed by atoms with Crippen molar-refractivity contribution < 1.29 is 9.53 Å². The van der Waals surface area contributed by atoms with Gasteiger partial charge in [0, 0.05) is 34.2 Å². The Labute approximate surface area is 133 Å². The quantitative estimate of drug-likeness (QED) is 0.334. The van der Waals surface area contributed by atoms with E-state index in [1.807, 2.05) is 39.8 Å². The summed E-state index contributed by atoms with van der Waals surface area (Å²) in [6.07, 6.45) is 0.436. The number of nitrogens with zero attached hydrogens (tertiary/aromatic N) is 2. The summed E-state index contributed by atoms with van der Waals surface area (Å²) in [6.45, 7) is 6.85. The van der Waals surface area contributed by atoms with Gasteiger partial charge in [-0.1, -0.05) is 0 Å². The molecule has 0 spiro atoms. The molecule has 0 aliphatic heterocycles. The van der Waals surface area contributed by atoms with E-state index in [1.54, 1.807) is 7.05 Å². The summed E-state index contributed by atoms with van der Waals surface area (Å²) in [5.74, 6) is 0.826. The third-order valence-corrected chi connectivity index (χ3v) is 1.94. The van der Waals surface area contributed by atoms with Crippen molar-refractivity contribution in [3.05, 3.63) is 0 Å². The van der Waals surface area contributed by atoms with E-state index in [1.165, 1.54) is 0 Å². The van der Waals surface area contributed by atoms with Crippen LogP contribution in [0.15, 0.2) is 4.99 Å². The smallest absolute Gasteiger partial charge is 0.407 e. The van der Waals surface area contributed by atoms with Crippen molar-refractivity contribution in [1.82, 2.24) is 15.5 Å². The summed E-state index contributed by atoms with van der Waals surface area (Å²) >= 11 is 0. The number of guanidine groups is 1. The maximum absolute atomic E-state index is 11.3. The number of alkyl carbamates (subject to hydrolysis) is 1. The van der Waals surface area contributed by atoms with Crippen LogP contribution in [0.25, 0.3) is 0 Å². The Hall–Kier alpha value is -0.730. The van der Waals surface area contributed by atoms with Crippen molar-refractivity contribution in [3.63, 3.8) is 0 Å². The Morgan fingerprint density at radius 2 is 1.74 bits per heavy atom. The molecular formula is C12H27IN4O2. The number of hydrogen-bond acceptors (Lipinski definition) is 3. The number of ether oxygens (including phenoxy) is 1. The Bertz CT molecular complexity index is 288. The zero-order valence-corrected chi connectivity index (χ0v) is 15.1. The normalized spacial score (nSPS) is 11.4.